The van der Waals surface area contributed by atoms with Gasteiger partial charge in [-0.05, 0) is 37.3 Å². The van der Waals surface area contributed by atoms with Gasteiger partial charge in [0.2, 0.25) is 5.95 Å². The molecule has 128 valence electrons. The minimum absolute atomic E-state index is 0.0461. The summed E-state index contributed by atoms with van der Waals surface area (Å²) in [6.07, 6.45) is 3.36. The summed E-state index contributed by atoms with van der Waals surface area (Å²) in [5.41, 5.74) is 2.14. The predicted molar refractivity (Wildman–Crippen MR) is 95.1 cm³/mol. The molecule has 0 aliphatic carbocycles. The van der Waals surface area contributed by atoms with Crippen molar-refractivity contribution in [2.24, 2.45) is 0 Å². The lowest BCUT2D eigenvalue weighted by atomic mass is 10.2. The molecule has 25 heavy (non-hydrogen) atoms. The quantitative estimate of drug-likeness (QED) is 0.640. The summed E-state index contributed by atoms with van der Waals surface area (Å²) in [7, 11) is 0. The van der Waals surface area contributed by atoms with Gasteiger partial charge in [-0.2, -0.15) is 4.98 Å². The maximum atomic E-state index is 13.4. The molecular weight excluding hydrogens is 321 g/mol. The lowest BCUT2D eigenvalue weighted by Gasteiger charge is -2.14. The molecule has 0 radical (unpaired) electrons. The predicted octanol–water partition coefficient (Wildman–Crippen LogP) is 3.21. The molecule has 0 amide bonds. The summed E-state index contributed by atoms with van der Waals surface area (Å²) in [5.74, 6) is 0.551. The van der Waals surface area contributed by atoms with Gasteiger partial charge in [-0.25, -0.2) is 9.37 Å². The van der Waals surface area contributed by atoms with Crippen LogP contribution >= 0.6 is 0 Å². The van der Waals surface area contributed by atoms with Gasteiger partial charge in [-0.1, -0.05) is 6.07 Å². The average Bonchev–Trinajstić information content (AvgIpc) is 2.62. The Labute approximate surface area is 144 Å². The number of aliphatic hydroxyl groups excluding tert-OH is 1. The molecular formula is C18H18FN5O. The van der Waals surface area contributed by atoms with Gasteiger partial charge in [0.25, 0.3) is 0 Å². The third kappa shape index (κ3) is 4.48. The zero-order valence-electron chi connectivity index (χ0n) is 13.6. The molecule has 0 fully saturated rings. The minimum Gasteiger partial charge on any atom is -0.394 e. The van der Waals surface area contributed by atoms with Crippen molar-refractivity contribution in [2.45, 2.75) is 13.0 Å². The zero-order chi connectivity index (χ0) is 17.6. The van der Waals surface area contributed by atoms with Crippen molar-refractivity contribution in [3.05, 3.63) is 60.7 Å². The lowest BCUT2D eigenvalue weighted by Crippen LogP contribution is -2.21. The lowest BCUT2D eigenvalue weighted by molar-refractivity contribution is 0.281. The first-order valence-electron chi connectivity index (χ1n) is 7.83. The van der Waals surface area contributed by atoms with Gasteiger partial charge < -0.3 is 15.7 Å². The summed E-state index contributed by atoms with van der Waals surface area (Å²) in [6, 6.07) is 11.4. The van der Waals surface area contributed by atoms with Gasteiger partial charge >= 0.3 is 0 Å². The number of rotatable bonds is 6. The van der Waals surface area contributed by atoms with E-state index in [1.165, 1.54) is 12.1 Å². The minimum atomic E-state index is -0.333. The molecule has 0 aliphatic rings. The Morgan fingerprint density at radius 1 is 1.12 bits per heavy atom. The molecule has 1 atom stereocenters. The van der Waals surface area contributed by atoms with Crippen LogP contribution in [0.4, 0.5) is 21.8 Å². The van der Waals surface area contributed by atoms with Gasteiger partial charge in [0.15, 0.2) is 0 Å². The van der Waals surface area contributed by atoms with E-state index in [-0.39, 0.29) is 18.5 Å². The van der Waals surface area contributed by atoms with Crippen LogP contribution in [0.3, 0.4) is 0 Å². The van der Waals surface area contributed by atoms with Crippen LogP contribution in [0, 0.1) is 5.82 Å². The van der Waals surface area contributed by atoms with Crippen molar-refractivity contribution in [3.63, 3.8) is 0 Å². The van der Waals surface area contributed by atoms with Crippen molar-refractivity contribution in [1.82, 2.24) is 15.0 Å². The smallest absolute Gasteiger partial charge is 0.225 e. The Morgan fingerprint density at radius 2 is 1.92 bits per heavy atom. The average molecular weight is 339 g/mol. The van der Waals surface area contributed by atoms with Crippen LogP contribution in [0.5, 0.6) is 0 Å². The van der Waals surface area contributed by atoms with Gasteiger partial charge in [0, 0.05) is 35.8 Å². The maximum absolute atomic E-state index is 13.4. The van der Waals surface area contributed by atoms with Gasteiger partial charge in [-0.15, -0.1) is 0 Å². The normalized spacial score (nSPS) is 11.8. The van der Waals surface area contributed by atoms with E-state index in [4.69, 9.17) is 0 Å². The summed E-state index contributed by atoms with van der Waals surface area (Å²) >= 11 is 0. The fourth-order valence-corrected chi connectivity index (χ4v) is 2.23. The first-order valence-corrected chi connectivity index (χ1v) is 7.83. The molecule has 0 unspecified atom stereocenters. The van der Waals surface area contributed by atoms with E-state index in [0.717, 1.165) is 5.56 Å². The second-order valence-electron chi connectivity index (χ2n) is 5.56. The molecule has 1 aromatic carbocycles. The Morgan fingerprint density at radius 3 is 2.64 bits per heavy atom. The number of anilines is 3. The van der Waals surface area contributed by atoms with Crippen LogP contribution in [0.25, 0.3) is 11.3 Å². The number of aromatic nitrogens is 3. The van der Waals surface area contributed by atoms with E-state index in [9.17, 15) is 9.50 Å². The molecule has 6 nitrogen and oxygen atoms in total. The van der Waals surface area contributed by atoms with Gasteiger partial charge in [0.1, 0.15) is 11.6 Å². The largest absolute Gasteiger partial charge is 0.394 e. The molecule has 0 aliphatic heterocycles. The second kappa shape index (κ2) is 7.67. The third-order valence-corrected chi connectivity index (χ3v) is 3.45. The van der Waals surface area contributed by atoms with Gasteiger partial charge in [0.05, 0.1) is 12.3 Å². The van der Waals surface area contributed by atoms with Crippen molar-refractivity contribution in [1.29, 1.82) is 0 Å². The number of hydrogen-bond donors (Lipinski definition) is 3. The number of hydrogen-bond acceptors (Lipinski definition) is 6. The van der Waals surface area contributed by atoms with Crippen LogP contribution in [0.2, 0.25) is 0 Å². The van der Waals surface area contributed by atoms with Crippen molar-refractivity contribution >= 4 is 17.5 Å². The van der Waals surface area contributed by atoms with Crippen LogP contribution in [-0.4, -0.2) is 32.7 Å². The molecule has 0 spiro atoms. The summed E-state index contributed by atoms with van der Waals surface area (Å²) < 4.78 is 13.4. The Kier molecular flexibility index (Phi) is 5.15. The number of aliphatic hydroxyl groups is 1. The second-order valence-corrected chi connectivity index (χ2v) is 5.56. The third-order valence-electron chi connectivity index (χ3n) is 3.45. The van der Waals surface area contributed by atoms with E-state index >= 15 is 0 Å². The van der Waals surface area contributed by atoms with E-state index in [1.54, 1.807) is 30.6 Å². The topological polar surface area (TPSA) is 83.0 Å². The van der Waals surface area contributed by atoms with E-state index in [2.05, 4.69) is 25.6 Å². The Hall–Kier alpha value is -3.06. The standard InChI is InChI=1S/C18H18FN5O/c1-12(11-25)21-18-23-16(13-5-7-20-8-6-13)10-17(24-18)22-15-4-2-3-14(19)9-15/h2-10,12,25H,11H2,1H3,(H2,21,22,23,24)/t12-/m1/s1. The summed E-state index contributed by atoms with van der Waals surface area (Å²) in [4.78, 5) is 12.9. The fourth-order valence-electron chi connectivity index (χ4n) is 2.23. The Bertz CT molecular complexity index is 844. The number of pyridine rings is 1. The highest BCUT2D eigenvalue weighted by atomic mass is 19.1. The molecule has 0 saturated heterocycles. The first kappa shape index (κ1) is 16.8. The van der Waals surface area contributed by atoms with Crippen molar-refractivity contribution in [3.8, 4) is 11.3 Å². The molecule has 7 heteroatoms. The highest BCUT2D eigenvalue weighted by Gasteiger charge is 2.09. The van der Waals surface area contributed by atoms with Crippen LogP contribution < -0.4 is 10.6 Å². The summed E-state index contributed by atoms with van der Waals surface area (Å²) in [6.45, 7) is 1.78. The number of nitrogens with one attached hydrogen (secondary N) is 2. The van der Waals surface area contributed by atoms with Crippen molar-refractivity contribution in [2.75, 3.05) is 17.2 Å². The van der Waals surface area contributed by atoms with Crippen molar-refractivity contribution < 1.29 is 9.50 Å². The summed E-state index contributed by atoms with van der Waals surface area (Å²) in [5, 5.41) is 15.3. The SMILES string of the molecule is C[C@H](CO)Nc1nc(Nc2cccc(F)c2)cc(-c2ccncc2)n1. The van der Waals surface area contributed by atoms with E-state index in [1.807, 2.05) is 19.1 Å². The molecule has 3 rings (SSSR count). The van der Waals surface area contributed by atoms with Crippen LogP contribution in [0.1, 0.15) is 6.92 Å². The highest BCUT2D eigenvalue weighted by molar-refractivity contribution is 5.67. The molecule has 2 aromatic heterocycles. The molecule has 3 aromatic rings. The first-order chi connectivity index (χ1) is 12.1. The fraction of sp³-hybridized carbons (Fsp3) is 0.167. The number of benzene rings is 1. The van der Waals surface area contributed by atoms with E-state index < -0.39 is 0 Å². The number of halogens is 1. The highest BCUT2D eigenvalue weighted by Crippen LogP contribution is 2.23. The monoisotopic (exact) mass is 339 g/mol. The number of nitrogens with zero attached hydrogens (tertiary/aromatic N) is 3. The molecule has 2 heterocycles. The van der Waals surface area contributed by atoms with E-state index in [0.29, 0.717) is 23.1 Å². The van der Waals surface area contributed by atoms with Gasteiger partial charge in [-0.3, -0.25) is 4.98 Å². The molecule has 3 N–H and O–H groups in total. The maximum Gasteiger partial charge on any atom is 0.225 e. The van der Waals surface area contributed by atoms with Crippen LogP contribution in [0.15, 0.2) is 54.9 Å². The molecule has 0 bridgehead atoms. The zero-order valence-corrected chi connectivity index (χ0v) is 13.6. The molecule has 0 saturated carbocycles. The Balaban J connectivity index is 1.97. The van der Waals surface area contributed by atoms with Crippen LogP contribution in [-0.2, 0) is 0 Å².